The number of halogens is 1. The Morgan fingerprint density at radius 3 is 2.80 bits per heavy atom. The van der Waals surface area contributed by atoms with Crippen molar-refractivity contribution in [2.45, 2.75) is 26.3 Å². The molecule has 0 saturated heterocycles. The van der Waals surface area contributed by atoms with E-state index in [9.17, 15) is 9.18 Å². The monoisotopic (exact) mass is 354 g/mol. The lowest BCUT2D eigenvalue weighted by Gasteiger charge is -2.16. The van der Waals surface area contributed by atoms with Crippen LogP contribution in [0.15, 0.2) is 53.9 Å². The molecule has 1 N–H and O–H groups in total. The minimum absolute atomic E-state index is 0.0602. The van der Waals surface area contributed by atoms with E-state index in [-0.39, 0.29) is 24.2 Å². The van der Waals surface area contributed by atoms with Gasteiger partial charge in [-0.3, -0.25) is 4.79 Å². The molecule has 0 bridgehead atoms. The van der Waals surface area contributed by atoms with Crippen LogP contribution < -0.4 is 5.32 Å². The topological polar surface area (TPSA) is 42.0 Å². The molecule has 0 aliphatic rings. The molecule has 3 nitrogen and oxygen atoms in total. The van der Waals surface area contributed by atoms with Crippen LogP contribution in [-0.4, -0.2) is 10.9 Å². The van der Waals surface area contributed by atoms with Crippen LogP contribution in [0.5, 0.6) is 0 Å². The molecule has 25 heavy (non-hydrogen) atoms. The highest BCUT2D eigenvalue weighted by atomic mass is 32.1. The van der Waals surface area contributed by atoms with Gasteiger partial charge in [0, 0.05) is 10.9 Å². The Morgan fingerprint density at radius 2 is 2.04 bits per heavy atom. The highest BCUT2D eigenvalue weighted by Gasteiger charge is 2.14. The molecule has 3 aromatic rings. The number of aromatic nitrogens is 1. The molecular formula is C20H19FN2OS. The van der Waals surface area contributed by atoms with E-state index in [1.54, 1.807) is 6.07 Å². The van der Waals surface area contributed by atoms with Gasteiger partial charge in [0.25, 0.3) is 0 Å². The van der Waals surface area contributed by atoms with Gasteiger partial charge in [-0.05, 0) is 37.1 Å². The smallest absolute Gasteiger partial charge is 0.226 e. The van der Waals surface area contributed by atoms with Gasteiger partial charge in [0.15, 0.2) is 0 Å². The fraction of sp³-hybridized carbons (Fsp3) is 0.200. The van der Waals surface area contributed by atoms with E-state index in [0.29, 0.717) is 10.7 Å². The van der Waals surface area contributed by atoms with Crippen molar-refractivity contribution in [2.24, 2.45) is 0 Å². The van der Waals surface area contributed by atoms with Gasteiger partial charge in [0.05, 0.1) is 18.2 Å². The largest absolute Gasteiger partial charge is 0.349 e. The van der Waals surface area contributed by atoms with E-state index in [4.69, 9.17) is 0 Å². The van der Waals surface area contributed by atoms with Crippen molar-refractivity contribution in [2.75, 3.05) is 0 Å². The first kappa shape index (κ1) is 17.3. The summed E-state index contributed by atoms with van der Waals surface area (Å²) < 4.78 is 13.3. The summed E-state index contributed by atoms with van der Waals surface area (Å²) in [6.07, 6.45) is 0.210. The Kier molecular flexibility index (Phi) is 5.24. The second-order valence-electron chi connectivity index (χ2n) is 5.98. The number of benzene rings is 2. The predicted octanol–water partition coefficient (Wildman–Crippen LogP) is 4.68. The maximum absolute atomic E-state index is 13.3. The van der Waals surface area contributed by atoms with E-state index in [1.807, 2.05) is 49.6 Å². The van der Waals surface area contributed by atoms with E-state index < -0.39 is 0 Å². The van der Waals surface area contributed by atoms with Gasteiger partial charge in [-0.25, -0.2) is 9.37 Å². The average molecular weight is 354 g/mol. The lowest BCUT2D eigenvalue weighted by atomic mass is 10.0. The molecule has 3 rings (SSSR count). The molecule has 0 aliphatic carbocycles. The van der Waals surface area contributed by atoms with Crippen molar-refractivity contribution in [3.05, 3.63) is 76.5 Å². The Bertz CT molecular complexity index is 891. The van der Waals surface area contributed by atoms with Gasteiger partial charge in [-0.1, -0.05) is 36.4 Å². The first-order valence-corrected chi connectivity index (χ1v) is 8.96. The molecule has 0 fully saturated rings. The molecule has 1 atom stereocenters. The highest BCUT2D eigenvalue weighted by molar-refractivity contribution is 7.13. The normalized spacial score (nSPS) is 12.0. The molecule has 0 spiro atoms. The molecular weight excluding hydrogens is 335 g/mol. The maximum atomic E-state index is 13.3. The van der Waals surface area contributed by atoms with Crippen molar-refractivity contribution >= 4 is 17.2 Å². The Labute approximate surface area is 150 Å². The van der Waals surface area contributed by atoms with Crippen LogP contribution in [0.1, 0.15) is 29.8 Å². The van der Waals surface area contributed by atoms with Crippen molar-refractivity contribution < 1.29 is 9.18 Å². The van der Waals surface area contributed by atoms with Crippen LogP contribution in [-0.2, 0) is 11.2 Å². The average Bonchev–Trinajstić information content (AvgIpc) is 3.03. The molecule has 1 amide bonds. The standard InChI is InChI=1S/C20H19FN2OS/c1-13-6-3-4-9-18(13)14(2)22-19(24)11-17-12-25-20(23-17)15-7-5-8-16(21)10-15/h3-10,12,14H,11H2,1-2H3,(H,22,24). The molecule has 1 aromatic heterocycles. The zero-order valence-electron chi connectivity index (χ0n) is 14.1. The predicted molar refractivity (Wildman–Crippen MR) is 98.9 cm³/mol. The van der Waals surface area contributed by atoms with Crippen molar-refractivity contribution in [3.8, 4) is 10.6 Å². The summed E-state index contributed by atoms with van der Waals surface area (Å²) in [7, 11) is 0. The summed E-state index contributed by atoms with van der Waals surface area (Å²) in [6.45, 7) is 4.00. The van der Waals surface area contributed by atoms with Crippen LogP contribution >= 0.6 is 11.3 Å². The van der Waals surface area contributed by atoms with E-state index in [1.165, 1.54) is 23.5 Å². The second kappa shape index (κ2) is 7.57. The van der Waals surface area contributed by atoms with E-state index in [2.05, 4.69) is 10.3 Å². The lowest BCUT2D eigenvalue weighted by molar-refractivity contribution is -0.121. The van der Waals surface area contributed by atoms with Crippen molar-refractivity contribution in [3.63, 3.8) is 0 Å². The zero-order valence-corrected chi connectivity index (χ0v) is 14.9. The number of nitrogens with one attached hydrogen (secondary N) is 1. The van der Waals surface area contributed by atoms with Crippen molar-refractivity contribution in [1.29, 1.82) is 0 Å². The van der Waals surface area contributed by atoms with Gasteiger partial charge in [0.1, 0.15) is 10.8 Å². The molecule has 0 aliphatic heterocycles. The fourth-order valence-electron chi connectivity index (χ4n) is 2.75. The summed E-state index contributed by atoms with van der Waals surface area (Å²) in [5.41, 5.74) is 3.68. The molecule has 5 heteroatoms. The van der Waals surface area contributed by atoms with E-state index in [0.717, 1.165) is 16.7 Å². The summed E-state index contributed by atoms with van der Waals surface area (Å²) in [6, 6.07) is 14.3. The first-order valence-electron chi connectivity index (χ1n) is 8.08. The van der Waals surface area contributed by atoms with E-state index >= 15 is 0 Å². The van der Waals surface area contributed by atoms with Crippen LogP contribution in [0.3, 0.4) is 0 Å². The molecule has 0 saturated carbocycles. The third-order valence-corrected chi connectivity index (χ3v) is 4.94. The number of carbonyl (C=O) groups excluding carboxylic acids is 1. The lowest BCUT2D eigenvalue weighted by Crippen LogP contribution is -2.28. The van der Waals surface area contributed by atoms with Crippen LogP contribution in [0.25, 0.3) is 10.6 Å². The Hall–Kier alpha value is -2.53. The molecule has 128 valence electrons. The number of carbonyl (C=O) groups is 1. The number of rotatable bonds is 5. The number of amides is 1. The quantitative estimate of drug-likeness (QED) is 0.723. The third-order valence-electron chi connectivity index (χ3n) is 4.00. The van der Waals surface area contributed by atoms with Crippen LogP contribution in [0, 0.1) is 12.7 Å². The Balaban J connectivity index is 1.65. The Morgan fingerprint density at radius 1 is 1.24 bits per heavy atom. The number of thiazole rings is 1. The van der Waals surface area contributed by atoms with Gasteiger partial charge in [0.2, 0.25) is 5.91 Å². The summed E-state index contributed by atoms with van der Waals surface area (Å²) >= 11 is 1.41. The molecule has 1 unspecified atom stereocenters. The molecule has 0 radical (unpaired) electrons. The van der Waals surface area contributed by atoms with Gasteiger partial charge >= 0.3 is 0 Å². The van der Waals surface area contributed by atoms with Crippen LogP contribution in [0.2, 0.25) is 0 Å². The maximum Gasteiger partial charge on any atom is 0.226 e. The SMILES string of the molecule is Cc1ccccc1C(C)NC(=O)Cc1csc(-c2cccc(F)c2)n1. The van der Waals surface area contributed by atoms with Gasteiger partial charge in [-0.15, -0.1) is 11.3 Å². The van der Waals surface area contributed by atoms with Crippen molar-refractivity contribution in [1.82, 2.24) is 10.3 Å². The van der Waals surface area contributed by atoms with Gasteiger partial charge < -0.3 is 5.32 Å². The molecule has 1 heterocycles. The minimum atomic E-state index is -0.293. The first-order chi connectivity index (χ1) is 12.0. The van der Waals surface area contributed by atoms with Gasteiger partial charge in [-0.2, -0.15) is 0 Å². The summed E-state index contributed by atoms with van der Waals surface area (Å²) in [4.78, 5) is 16.8. The fourth-order valence-corrected chi connectivity index (χ4v) is 3.57. The highest BCUT2D eigenvalue weighted by Crippen LogP contribution is 2.24. The minimum Gasteiger partial charge on any atom is -0.349 e. The number of nitrogens with zero attached hydrogens (tertiary/aromatic N) is 1. The third kappa shape index (κ3) is 4.31. The summed E-state index contributed by atoms with van der Waals surface area (Å²) in [5, 5.41) is 5.57. The van der Waals surface area contributed by atoms with Crippen LogP contribution in [0.4, 0.5) is 4.39 Å². The number of hydrogen-bond acceptors (Lipinski definition) is 3. The zero-order chi connectivity index (χ0) is 17.8. The second-order valence-corrected chi connectivity index (χ2v) is 6.84. The number of aryl methyl sites for hydroxylation is 1. The summed E-state index contributed by atoms with van der Waals surface area (Å²) in [5.74, 6) is -0.370. The number of hydrogen-bond donors (Lipinski definition) is 1. The molecule has 2 aromatic carbocycles.